The monoisotopic (exact) mass is 557 g/mol. The Morgan fingerprint density at radius 3 is 2.48 bits per heavy atom. The van der Waals surface area contributed by atoms with Crippen LogP contribution in [0.5, 0.6) is 0 Å². The van der Waals surface area contributed by atoms with E-state index in [9.17, 15) is 22.8 Å². The highest BCUT2D eigenvalue weighted by atomic mass is 19.4. The summed E-state index contributed by atoms with van der Waals surface area (Å²) in [6.07, 6.45) is 1.55. The van der Waals surface area contributed by atoms with Crippen LogP contribution in [0.15, 0.2) is 59.3 Å². The molecule has 1 atom stereocenters. The van der Waals surface area contributed by atoms with Crippen molar-refractivity contribution >= 4 is 29.2 Å². The minimum Gasteiger partial charge on any atom is -0.330 e. The highest BCUT2D eigenvalue weighted by Crippen LogP contribution is 2.38. The van der Waals surface area contributed by atoms with Gasteiger partial charge in [0, 0.05) is 23.8 Å². The number of nitrogens with one attached hydrogen (secondary N) is 2. The average molecular weight is 558 g/mol. The standard InChI is InChI=1S/C28H31F3N6O3/c29-28(30,31)21-12-22(14-23(13-21)37-11-10-24(26(37)38)20-4-2-1-3-5-20)33-27(39)34-25-17-36(35-40-25)16-19-8-6-18(15-32)7-9-19/h1-5,12-14,17-19,24H,6-11,15-16,32H2,(H-,33,34,35,39)/p+1. The molecule has 1 saturated heterocycles. The number of nitrogens with zero attached hydrogens (tertiary/aromatic N) is 3. The molecule has 2 heterocycles. The molecule has 212 valence electrons. The summed E-state index contributed by atoms with van der Waals surface area (Å²) in [5, 5.41) is 8.84. The number of alkyl halides is 3. The molecule has 5 rings (SSSR count). The number of amides is 3. The van der Waals surface area contributed by atoms with Crippen molar-refractivity contribution in [2.24, 2.45) is 17.6 Å². The summed E-state index contributed by atoms with van der Waals surface area (Å²) in [6.45, 7) is 1.59. The van der Waals surface area contributed by atoms with Crippen LogP contribution in [-0.2, 0) is 17.5 Å². The molecule has 1 aromatic heterocycles. The zero-order valence-electron chi connectivity index (χ0n) is 21.9. The van der Waals surface area contributed by atoms with Crippen molar-refractivity contribution in [1.82, 2.24) is 5.27 Å². The molecule has 4 N–H and O–H groups in total. The van der Waals surface area contributed by atoms with Crippen LogP contribution in [0.1, 0.15) is 49.1 Å². The van der Waals surface area contributed by atoms with Gasteiger partial charge in [-0.2, -0.15) is 13.2 Å². The Balaban J connectivity index is 1.26. The van der Waals surface area contributed by atoms with Gasteiger partial charge in [0.2, 0.25) is 11.2 Å². The summed E-state index contributed by atoms with van der Waals surface area (Å²) in [5.41, 5.74) is 5.55. The molecular weight excluding hydrogens is 525 g/mol. The molecule has 1 aliphatic heterocycles. The van der Waals surface area contributed by atoms with Gasteiger partial charge in [0.1, 0.15) is 0 Å². The van der Waals surface area contributed by atoms with Crippen LogP contribution in [0, 0.1) is 11.8 Å². The Labute approximate surface area is 229 Å². The second-order valence-electron chi connectivity index (χ2n) is 10.5. The van der Waals surface area contributed by atoms with Gasteiger partial charge in [0.15, 0.2) is 6.54 Å². The van der Waals surface area contributed by atoms with E-state index in [-0.39, 0.29) is 29.7 Å². The minimum absolute atomic E-state index is 0.0563. The summed E-state index contributed by atoms with van der Waals surface area (Å²) in [4.78, 5) is 27.1. The number of urea groups is 1. The SMILES string of the molecule is NCC1CCC(C[n+]2cc(NC(=O)Nc3cc(N4CCC(c5ccccc5)C4=O)cc(C(F)(F)F)c3)on2)CC1. The predicted octanol–water partition coefficient (Wildman–Crippen LogP) is 4.91. The first-order chi connectivity index (χ1) is 19.2. The van der Waals surface area contributed by atoms with Gasteiger partial charge in [-0.1, -0.05) is 35.0 Å². The minimum atomic E-state index is -4.68. The van der Waals surface area contributed by atoms with Gasteiger partial charge in [-0.25, -0.2) is 4.79 Å². The summed E-state index contributed by atoms with van der Waals surface area (Å²) in [5.74, 6) is 0.316. The zero-order valence-corrected chi connectivity index (χ0v) is 21.9. The number of anilines is 3. The fourth-order valence-corrected chi connectivity index (χ4v) is 5.54. The summed E-state index contributed by atoms with van der Waals surface area (Å²) >= 11 is 0. The number of benzene rings is 2. The average Bonchev–Trinajstić information content (AvgIpc) is 3.54. The first-order valence-corrected chi connectivity index (χ1v) is 13.4. The lowest BCUT2D eigenvalue weighted by Crippen LogP contribution is -2.40. The molecule has 1 saturated carbocycles. The number of carbonyl (C=O) groups excluding carboxylic acids is 2. The van der Waals surface area contributed by atoms with E-state index in [2.05, 4.69) is 15.9 Å². The first-order valence-electron chi connectivity index (χ1n) is 13.4. The summed E-state index contributed by atoms with van der Waals surface area (Å²) < 4.78 is 48.0. The molecular formula is C28H32F3N6O3+. The number of halogens is 3. The third kappa shape index (κ3) is 6.44. The van der Waals surface area contributed by atoms with E-state index < -0.39 is 23.7 Å². The van der Waals surface area contributed by atoms with E-state index in [1.807, 2.05) is 30.3 Å². The van der Waals surface area contributed by atoms with Crippen LogP contribution in [0.3, 0.4) is 0 Å². The molecule has 2 fully saturated rings. The maximum atomic E-state index is 13.7. The Bertz CT molecular complexity index is 1340. The largest absolute Gasteiger partial charge is 0.416 e. The van der Waals surface area contributed by atoms with Gasteiger partial charge in [0.25, 0.3) is 6.20 Å². The van der Waals surface area contributed by atoms with Gasteiger partial charge in [-0.3, -0.25) is 14.6 Å². The lowest BCUT2D eigenvalue weighted by atomic mass is 9.82. The van der Waals surface area contributed by atoms with Crippen molar-refractivity contribution in [3.63, 3.8) is 0 Å². The number of nitrogens with two attached hydrogens (primary N) is 1. The maximum Gasteiger partial charge on any atom is 0.416 e. The van der Waals surface area contributed by atoms with Gasteiger partial charge in [0.05, 0.1) is 11.5 Å². The molecule has 1 unspecified atom stereocenters. The maximum absolute atomic E-state index is 13.7. The summed E-state index contributed by atoms with van der Waals surface area (Å²) in [6, 6.07) is 11.4. The van der Waals surface area contributed by atoms with Gasteiger partial charge in [-0.15, -0.1) is 0 Å². The van der Waals surface area contributed by atoms with Crippen LogP contribution in [-0.4, -0.2) is 30.3 Å². The van der Waals surface area contributed by atoms with Crippen molar-refractivity contribution in [2.75, 3.05) is 28.6 Å². The highest BCUT2D eigenvalue weighted by molar-refractivity contribution is 6.02. The first kappa shape index (κ1) is 27.6. The third-order valence-corrected chi connectivity index (χ3v) is 7.71. The smallest absolute Gasteiger partial charge is 0.330 e. The van der Waals surface area contributed by atoms with Crippen molar-refractivity contribution in [3.05, 3.63) is 65.9 Å². The van der Waals surface area contributed by atoms with E-state index >= 15 is 0 Å². The van der Waals surface area contributed by atoms with Crippen LogP contribution >= 0.6 is 0 Å². The molecule has 1 aliphatic carbocycles. The van der Waals surface area contributed by atoms with Crippen LogP contribution < -0.4 is 25.9 Å². The Morgan fingerprint density at radius 1 is 1.05 bits per heavy atom. The molecule has 3 aromatic rings. The number of hydrogen-bond acceptors (Lipinski definition) is 5. The van der Waals surface area contributed by atoms with E-state index in [4.69, 9.17) is 10.3 Å². The third-order valence-electron chi connectivity index (χ3n) is 7.71. The summed E-state index contributed by atoms with van der Waals surface area (Å²) in [7, 11) is 0. The van der Waals surface area contributed by atoms with Crippen molar-refractivity contribution < 1.29 is 32.0 Å². The van der Waals surface area contributed by atoms with Crippen molar-refractivity contribution in [1.29, 1.82) is 0 Å². The van der Waals surface area contributed by atoms with Crippen molar-refractivity contribution in [2.45, 2.75) is 50.7 Å². The lowest BCUT2D eigenvalue weighted by Gasteiger charge is -2.24. The van der Waals surface area contributed by atoms with Crippen LogP contribution in [0.4, 0.5) is 35.2 Å². The molecule has 2 aromatic carbocycles. The fourth-order valence-electron chi connectivity index (χ4n) is 5.54. The number of hydrogen-bond donors (Lipinski definition) is 3. The number of rotatable bonds is 7. The molecule has 0 radical (unpaired) electrons. The number of carbonyl (C=O) groups is 2. The lowest BCUT2D eigenvalue weighted by molar-refractivity contribution is -0.767. The van der Waals surface area contributed by atoms with E-state index in [0.717, 1.165) is 43.4 Å². The fraction of sp³-hybridized carbons (Fsp3) is 0.429. The molecule has 0 spiro atoms. The molecule has 0 bridgehead atoms. The Morgan fingerprint density at radius 2 is 1.77 bits per heavy atom. The zero-order chi connectivity index (χ0) is 28.3. The topological polar surface area (TPSA) is 117 Å². The van der Waals surface area contributed by atoms with Gasteiger partial charge >= 0.3 is 18.1 Å². The Kier molecular flexibility index (Phi) is 8.06. The van der Waals surface area contributed by atoms with Gasteiger partial charge in [-0.05, 0) is 68.3 Å². The van der Waals surface area contributed by atoms with Gasteiger partial charge < -0.3 is 16.0 Å². The molecule has 12 heteroatoms. The van der Waals surface area contributed by atoms with E-state index in [1.165, 1.54) is 11.0 Å². The quantitative estimate of drug-likeness (QED) is 0.357. The second-order valence-corrected chi connectivity index (χ2v) is 10.5. The van der Waals surface area contributed by atoms with Crippen LogP contribution in [0.25, 0.3) is 0 Å². The van der Waals surface area contributed by atoms with E-state index in [1.54, 1.807) is 10.9 Å². The van der Waals surface area contributed by atoms with Crippen molar-refractivity contribution in [3.8, 4) is 0 Å². The van der Waals surface area contributed by atoms with E-state index in [0.29, 0.717) is 31.3 Å². The Hall–Kier alpha value is -3.93. The molecule has 9 nitrogen and oxygen atoms in total. The highest BCUT2D eigenvalue weighted by Gasteiger charge is 2.36. The normalized spacial score (nSPS) is 21.4. The molecule has 2 aliphatic rings. The predicted molar refractivity (Wildman–Crippen MR) is 141 cm³/mol. The molecule has 3 amide bonds. The second kappa shape index (κ2) is 11.7. The van der Waals surface area contributed by atoms with Crippen LogP contribution in [0.2, 0.25) is 0 Å². The number of aromatic nitrogens is 2. The molecule has 40 heavy (non-hydrogen) atoms.